The molecule has 0 spiro atoms. The lowest BCUT2D eigenvalue weighted by Crippen LogP contribution is -2.34. The number of furan rings is 1. The maximum atomic E-state index is 12.3. The molecule has 2 heterocycles. The fourth-order valence-corrected chi connectivity index (χ4v) is 3.06. The average Bonchev–Trinajstić information content (AvgIpc) is 3.21. The van der Waals surface area contributed by atoms with Crippen molar-refractivity contribution in [2.75, 3.05) is 19.6 Å². The topological polar surface area (TPSA) is 59.5 Å². The van der Waals surface area contributed by atoms with Gasteiger partial charge < -0.3 is 15.1 Å². The van der Waals surface area contributed by atoms with Crippen LogP contribution >= 0.6 is 0 Å². The normalized spacial score (nSPS) is 20.9. The number of aryl methyl sites for hydroxylation is 1. The lowest BCUT2D eigenvalue weighted by molar-refractivity contribution is -0.130. The number of rotatable bonds is 5. The summed E-state index contributed by atoms with van der Waals surface area (Å²) in [5.41, 5.74) is 6.94. The number of nitrogens with two attached hydrogens (primary N) is 1. The van der Waals surface area contributed by atoms with Gasteiger partial charge in [-0.3, -0.25) is 4.79 Å². The van der Waals surface area contributed by atoms with Crippen molar-refractivity contribution < 1.29 is 9.21 Å². The smallest absolute Gasteiger partial charge is 0.223 e. The van der Waals surface area contributed by atoms with E-state index in [1.807, 2.05) is 47.4 Å². The monoisotopic (exact) mass is 312 g/mol. The molecule has 1 atom stereocenters. The highest BCUT2D eigenvalue weighted by Gasteiger charge is 2.34. The van der Waals surface area contributed by atoms with E-state index >= 15 is 0 Å². The number of hydrogen-bond acceptors (Lipinski definition) is 3. The molecule has 1 amide bonds. The highest BCUT2D eigenvalue weighted by Crippen LogP contribution is 2.29. The number of carbonyl (C=O) groups excluding carboxylic acids is 1. The van der Waals surface area contributed by atoms with Gasteiger partial charge in [0.05, 0.1) is 0 Å². The Hall–Kier alpha value is -2.07. The van der Waals surface area contributed by atoms with Crippen LogP contribution in [-0.4, -0.2) is 30.4 Å². The Morgan fingerprint density at radius 2 is 2.04 bits per heavy atom. The summed E-state index contributed by atoms with van der Waals surface area (Å²) in [6, 6.07) is 13.9. The molecule has 0 radical (unpaired) electrons. The Labute approximate surface area is 137 Å². The van der Waals surface area contributed by atoms with E-state index in [1.165, 1.54) is 0 Å². The summed E-state index contributed by atoms with van der Waals surface area (Å²) in [4.78, 5) is 14.3. The molecule has 2 aromatic rings. The summed E-state index contributed by atoms with van der Waals surface area (Å²) in [5.74, 6) is 1.91. The van der Waals surface area contributed by atoms with Crippen LogP contribution in [0.4, 0.5) is 0 Å². The zero-order valence-electron chi connectivity index (χ0n) is 13.6. The van der Waals surface area contributed by atoms with Crippen molar-refractivity contribution in [3.63, 3.8) is 0 Å². The molecule has 2 N–H and O–H groups in total. The van der Waals surface area contributed by atoms with Crippen LogP contribution in [0.15, 0.2) is 46.9 Å². The van der Waals surface area contributed by atoms with E-state index < -0.39 is 0 Å². The highest BCUT2D eigenvalue weighted by atomic mass is 16.3. The van der Waals surface area contributed by atoms with E-state index in [9.17, 15) is 4.79 Å². The molecule has 0 aliphatic carbocycles. The quantitative estimate of drug-likeness (QED) is 0.923. The van der Waals surface area contributed by atoms with Gasteiger partial charge in [0.15, 0.2) is 0 Å². The van der Waals surface area contributed by atoms with Gasteiger partial charge in [0.25, 0.3) is 0 Å². The molecule has 122 valence electrons. The zero-order valence-corrected chi connectivity index (χ0v) is 13.6. The maximum absolute atomic E-state index is 12.3. The summed E-state index contributed by atoms with van der Waals surface area (Å²) in [7, 11) is 0. The van der Waals surface area contributed by atoms with Crippen molar-refractivity contribution in [1.29, 1.82) is 0 Å². The first-order chi connectivity index (χ1) is 11.1. The van der Waals surface area contributed by atoms with Crippen LogP contribution in [0.2, 0.25) is 0 Å². The summed E-state index contributed by atoms with van der Waals surface area (Å²) < 4.78 is 5.85. The van der Waals surface area contributed by atoms with Crippen LogP contribution in [0, 0.1) is 5.41 Å². The number of benzene rings is 1. The number of amides is 1. The maximum Gasteiger partial charge on any atom is 0.223 e. The Bertz CT molecular complexity index is 665. The lowest BCUT2D eigenvalue weighted by Gasteiger charge is -2.22. The van der Waals surface area contributed by atoms with Crippen LogP contribution in [0.5, 0.6) is 0 Å². The molecule has 3 rings (SSSR count). The fourth-order valence-electron chi connectivity index (χ4n) is 3.06. The van der Waals surface area contributed by atoms with E-state index in [2.05, 4.69) is 6.92 Å². The third kappa shape index (κ3) is 3.64. The van der Waals surface area contributed by atoms with E-state index in [4.69, 9.17) is 10.2 Å². The largest absolute Gasteiger partial charge is 0.461 e. The summed E-state index contributed by atoms with van der Waals surface area (Å²) in [5, 5.41) is 0. The van der Waals surface area contributed by atoms with Crippen molar-refractivity contribution in [2.45, 2.75) is 26.2 Å². The van der Waals surface area contributed by atoms with Gasteiger partial charge in [0.2, 0.25) is 5.91 Å². The molecule has 1 saturated heterocycles. The molecule has 0 bridgehead atoms. The summed E-state index contributed by atoms with van der Waals surface area (Å²) in [6.07, 6.45) is 2.12. The molecular weight excluding hydrogens is 288 g/mol. The average molecular weight is 312 g/mol. The fraction of sp³-hybridized carbons (Fsp3) is 0.421. The van der Waals surface area contributed by atoms with Gasteiger partial charge in [-0.15, -0.1) is 0 Å². The van der Waals surface area contributed by atoms with Gasteiger partial charge in [0.1, 0.15) is 11.5 Å². The molecule has 1 fully saturated rings. The van der Waals surface area contributed by atoms with Crippen molar-refractivity contribution in [3.05, 3.63) is 48.2 Å². The Balaban J connectivity index is 1.55. The number of likely N-dealkylation sites (tertiary alicyclic amines) is 1. The third-order valence-corrected chi connectivity index (χ3v) is 4.71. The minimum Gasteiger partial charge on any atom is -0.461 e. The van der Waals surface area contributed by atoms with Crippen LogP contribution in [0.1, 0.15) is 25.5 Å². The van der Waals surface area contributed by atoms with Crippen molar-refractivity contribution in [1.82, 2.24) is 4.90 Å². The second kappa shape index (κ2) is 6.59. The van der Waals surface area contributed by atoms with Gasteiger partial charge in [-0.25, -0.2) is 0 Å². The van der Waals surface area contributed by atoms with E-state index in [1.54, 1.807) is 0 Å². The summed E-state index contributed by atoms with van der Waals surface area (Å²) in [6.45, 7) is 4.38. The molecule has 23 heavy (non-hydrogen) atoms. The van der Waals surface area contributed by atoms with E-state index in [0.717, 1.165) is 36.6 Å². The predicted octanol–water partition coefficient (Wildman–Crippen LogP) is 3.08. The highest BCUT2D eigenvalue weighted by molar-refractivity contribution is 5.76. The predicted molar refractivity (Wildman–Crippen MR) is 90.8 cm³/mol. The molecular formula is C19H24N2O2. The minimum absolute atomic E-state index is 0.0841. The second-order valence-corrected chi connectivity index (χ2v) is 6.71. The van der Waals surface area contributed by atoms with Gasteiger partial charge in [0, 0.05) is 31.5 Å². The standard InChI is InChI=1S/C19H24N2O2/c1-19(13-20)11-12-21(14-19)18(22)10-8-16-7-9-17(23-16)15-5-3-2-4-6-15/h2-7,9H,8,10-14,20H2,1H3. The van der Waals surface area contributed by atoms with E-state index in [0.29, 0.717) is 19.4 Å². The molecule has 0 saturated carbocycles. The molecule has 1 aliphatic heterocycles. The van der Waals surface area contributed by atoms with Crippen molar-refractivity contribution >= 4 is 5.91 Å². The van der Waals surface area contributed by atoms with Crippen LogP contribution < -0.4 is 5.73 Å². The van der Waals surface area contributed by atoms with E-state index in [-0.39, 0.29) is 11.3 Å². The van der Waals surface area contributed by atoms with Crippen LogP contribution in [-0.2, 0) is 11.2 Å². The Morgan fingerprint density at radius 3 is 2.74 bits per heavy atom. The van der Waals surface area contributed by atoms with Crippen LogP contribution in [0.3, 0.4) is 0 Å². The van der Waals surface area contributed by atoms with Crippen molar-refractivity contribution in [2.24, 2.45) is 11.1 Å². The molecule has 1 aliphatic rings. The minimum atomic E-state index is 0.0841. The molecule has 1 unspecified atom stereocenters. The SMILES string of the molecule is CC1(CN)CCN(C(=O)CCc2ccc(-c3ccccc3)o2)C1. The molecule has 4 heteroatoms. The first-order valence-corrected chi connectivity index (χ1v) is 8.22. The third-order valence-electron chi connectivity index (χ3n) is 4.71. The molecule has 1 aromatic heterocycles. The van der Waals surface area contributed by atoms with Crippen molar-refractivity contribution in [3.8, 4) is 11.3 Å². The zero-order chi connectivity index (χ0) is 16.3. The Morgan fingerprint density at radius 1 is 1.26 bits per heavy atom. The lowest BCUT2D eigenvalue weighted by atomic mass is 9.90. The first-order valence-electron chi connectivity index (χ1n) is 8.22. The van der Waals surface area contributed by atoms with Crippen LogP contribution in [0.25, 0.3) is 11.3 Å². The number of nitrogens with zero attached hydrogens (tertiary/aromatic N) is 1. The Kier molecular flexibility index (Phi) is 4.53. The van der Waals surface area contributed by atoms with Gasteiger partial charge >= 0.3 is 0 Å². The van der Waals surface area contributed by atoms with Gasteiger partial charge in [-0.2, -0.15) is 0 Å². The first kappa shape index (κ1) is 15.8. The molecule has 1 aromatic carbocycles. The summed E-state index contributed by atoms with van der Waals surface area (Å²) >= 11 is 0. The number of carbonyl (C=O) groups is 1. The number of hydrogen-bond donors (Lipinski definition) is 1. The second-order valence-electron chi connectivity index (χ2n) is 6.71. The van der Waals surface area contributed by atoms with Gasteiger partial charge in [-0.1, -0.05) is 37.3 Å². The molecule has 4 nitrogen and oxygen atoms in total. The van der Waals surface area contributed by atoms with Gasteiger partial charge in [-0.05, 0) is 30.5 Å².